The largest absolute Gasteiger partial charge is 0.387 e. The molecule has 1 aromatic carbocycles. The number of thiocarbonyl (C=S) groups is 1. The quantitative estimate of drug-likeness (QED) is 0.388. The number of benzene rings is 1. The van der Waals surface area contributed by atoms with E-state index >= 15 is 0 Å². The molecule has 4 rings (SSSR count). The van der Waals surface area contributed by atoms with E-state index in [0.29, 0.717) is 23.6 Å². The summed E-state index contributed by atoms with van der Waals surface area (Å²) in [5.41, 5.74) is 1.34. The number of likely N-dealkylation sites (tertiary alicyclic amines) is 1. The molecule has 9 heteroatoms. The lowest BCUT2D eigenvalue weighted by molar-refractivity contribution is -0.140. The maximum absolute atomic E-state index is 13.3. The number of amides is 2. The molecule has 2 aliphatic heterocycles. The lowest BCUT2D eigenvalue weighted by atomic mass is 9.85. The van der Waals surface area contributed by atoms with Crippen LogP contribution in [0, 0.1) is 5.92 Å². The van der Waals surface area contributed by atoms with Gasteiger partial charge >= 0.3 is 0 Å². The molecule has 2 saturated heterocycles. The molecule has 1 aliphatic carbocycles. The first-order valence-corrected chi connectivity index (χ1v) is 15.4. The Morgan fingerprint density at radius 3 is 2.51 bits per heavy atom. The summed E-state index contributed by atoms with van der Waals surface area (Å²) in [7, 11) is 0. The Labute approximate surface area is 231 Å². The van der Waals surface area contributed by atoms with Crippen molar-refractivity contribution < 1.29 is 14.7 Å². The van der Waals surface area contributed by atoms with Gasteiger partial charge in [-0.25, -0.2) is 0 Å². The van der Waals surface area contributed by atoms with Crippen LogP contribution in [0.2, 0.25) is 0 Å². The van der Waals surface area contributed by atoms with Gasteiger partial charge in [0.15, 0.2) is 0 Å². The maximum atomic E-state index is 13.3. The zero-order valence-electron chi connectivity index (χ0n) is 21.8. The van der Waals surface area contributed by atoms with E-state index in [-0.39, 0.29) is 11.9 Å². The van der Waals surface area contributed by atoms with Crippen molar-refractivity contribution in [3.05, 3.63) is 35.9 Å². The molecule has 0 bridgehead atoms. The molecule has 1 aromatic rings. The molecule has 0 aromatic heterocycles. The first-order chi connectivity index (χ1) is 18.0. The van der Waals surface area contributed by atoms with Gasteiger partial charge in [-0.3, -0.25) is 14.5 Å². The van der Waals surface area contributed by atoms with Gasteiger partial charge in [-0.05, 0) is 37.2 Å². The van der Waals surface area contributed by atoms with Gasteiger partial charge in [-0.2, -0.15) is 0 Å². The zero-order chi connectivity index (χ0) is 26.0. The van der Waals surface area contributed by atoms with Crippen molar-refractivity contribution in [2.45, 2.75) is 82.5 Å². The van der Waals surface area contributed by atoms with Gasteiger partial charge in [-0.15, -0.1) is 11.8 Å². The van der Waals surface area contributed by atoms with E-state index in [1.165, 1.54) is 42.6 Å². The summed E-state index contributed by atoms with van der Waals surface area (Å²) in [5, 5.41) is 16.1. The van der Waals surface area contributed by atoms with E-state index in [1.807, 2.05) is 0 Å². The zero-order valence-corrected chi connectivity index (χ0v) is 23.4. The van der Waals surface area contributed by atoms with E-state index in [1.54, 1.807) is 11.8 Å². The molecule has 0 spiro atoms. The number of carbonyl (C=O) groups excluding carboxylic acids is 2. The molecular formula is C28H42N4O3S2. The van der Waals surface area contributed by atoms with E-state index < -0.39 is 18.6 Å². The lowest BCUT2D eigenvalue weighted by Gasteiger charge is -2.34. The highest BCUT2D eigenvalue weighted by Gasteiger charge is 2.36. The van der Waals surface area contributed by atoms with Gasteiger partial charge in [0.25, 0.3) is 0 Å². The lowest BCUT2D eigenvalue weighted by Crippen LogP contribution is -2.55. The normalized spacial score (nSPS) is 22.5. The first-order valence-electron chi connectivity index (χ1n) is 13.9. The molecule has 7 nitrogen and oxygen atoms in total. The predicted octanol–water partition coefficient (Wildman–Crippen LogP) is 3.31. The second kappa shape index (κ2) is 14.5. The SMILES string of the molecule is O=C(N[C@H](CCC1CCCCC1)C(=S)NC1CCN(Cc2ccccc2)CC1)[C@@H]1CSCN1C(=O)CO. The number of thioether (sulfide) groups is 1. The molecular weight excluding hydrogens is 504 g/mol. The summed E-state index contributed by atoms with van der Waals surface area (Å²) >= 11 is 7.43. The topological polar surface area (TPSA) is 84.9 Å². The molecule has 2 amide bonds. The van der Waals surface area contributed by atoms with Crippen molar-refractivity contribution in [1.29, 1.82) is 0 Å². The van der Waals surface area contributed by atoms with Crippen LogP contribution < -0.4 is 10.6 Å². The highest BCUT2D eigenvalue weighted by molar-refractivity contribution is 7.99. The van der Waals surface area contributed by atoms with E-state index in [2.05, 4.69) is 45.9 Å². The van der Waals surface area contributed by atoms with Gasteiger partial charge in [0.1, 0.15) is 12.6 Å². The maximum Gasteiger partial charge on any atom is 0.249 e. The number of piperidine rings is 1. The number of hydrogen-bond donors (Lipinski definition) is 3. The third-order valence-corrected chi connectivity index (χ3v) is 9.46. The van der Waals surface area contributed by atoms with Crippen LogP contribution >= 0.6 is 24.0 Å². The Morgan fingerprint density at radius 2 is 1.81 bits per heavy atom. The molecule has 3 aliphatic rings. The second-order valence-corrected chi connectivity index (χ2v) is 12.2. The van der Waals surface area contributed by atoms with Gasteiger partial charge in [0.05, 0.1) is 16.9 Å². The molecule has 2 heterocycles. The molecule has 1 saturated carbocycles. The smallest absolute Gasteiger partial charge is 0.249 e. The average Bonchev–Trinajstić information content (AvgIpc) is 3.43. The van der Waals surface area contributed by atoms with Gasteiger partial charge in [-0.1, -0.05) is 74.7 Å². The van der Waals surface area contributed by atoms with E-state index in [4.69, 9.17) is 12.2 Å². The van der Waals surface area contributed by atoms with Crippen molar-refractivity contribution in [1.82, 2.24) is 20.4 Å². The van der Waals surface area contributed by atoms with E-state index in [0.717, 1.165) is 50.3 Å². The Balaban J connectivity index is 1.32. The standard InChI is InChI=1S/C28H42N4O3S2/c33-18-26(34)32-20-37-19-25(32)27(35)30-24(12-11-21-7-3-1-4-8-21)28(36)29-23-13-15-31(16-14-23)17-22-9-5-2-6-10-22/h2,5-6,9-10,21,23-25,33H,1,3-4,7-8,11-20H2,(H,29,36)(H,30,35)/t24-,25+/m1/s1. The number of rotatable bonds is 10. The number of aliphatic hydroxyl groups is 1. The Kier molecular flexibility index (Phi) is 11.1. The fourth-order valence-corrected chi connectivity index (χ4v) is 7.31. The summed E-state index contributed by atoms with van der Waals surface area (Å²) in [5.74, 6) is 1.13. The average molecular weight is 547 g/mol. The monoisotopic (exact) mass is 546 g/mol. The summed E-state index contributed by atoms with van der Waals surface area (Å²) in [6, 6.07) is 10.1. The van der Waals surface area contributed by atoms with Crippen LogP contribution in [0.15, 0.2) is 30.3 Å². The summed E-state index contributed by atoms with van der Waals surface area (Å²) in [6.07, 6.45) is 10.4. The third-order valence-electron chi connectivity index (χ3n) is 8.04. The molecule has 204 valence electrons. The Morgan fingerprint density at radius 1 is 1.08 bits per heavy atom. The third kappa shape index (κ3) is 8.40. The number of nitrogens with one attached hydrogen (secondary N) is 2. The summed E-state index contributed by atoms with van der Waals surface area (Å²) in [4.78, 5) is 30.1. The van der Waals surface area contributed by atoms with Crippen molar-refractivity contribution >= 4 is 40.8 Å². The number of hydrogen-bond acceptors (Lipinski definition) is 6. The predicted molar refractivity (Wildman–Crippen MR) is 153 cm³/mol. The van der Waals surface area contributed by atoms with Crippen molar-refractivity contribution in [2.75, 3.05) is 31.3 Å². The second-order valence-electron chi connectivity index (χ2n) is 10.7. The van der Waals surface area contributed by atoms with Crippen LogP contribution in [0.5, 0.6) is 0 Å². The fraction of sp³-hybridized carbons (Fsp3) is 0.679. The van der Waals surface area contributed by atoms with Gasteiger partial charge in [0.2, 0.25) is 11.8 Å². The van der Waals surface area contributed by atoms with Crippen molar-refractivity contribution in [2.24, 2.45) is 5.92 Å². The van der Waals surface area contributed by atoms with Gasteiger partial charge < -0.3 is 20.6 Å². The Bertz CT molecular complexity index is 889. The molecule has 0 radical (unpaired) electrons. The first kappa shape index (κ1) is 28.3. The number of carbonyl (C=O) groups is 2. The van der Waals surface area contributed by atoms with Crippen LogP contribution in [0.25, 0.3) is 0 Å². The minimum absolute atomic E-state index is 0.165. The molecule has 0 unspecified atom stereocenters. The van der Waals surface area contributed by atoms with Crippen LogP contribution in [-0.4, -0.2) is 81.2 Å². The minimum Gasteiger partial charge on any atom is -0.387 e. The molecule has 3 N–H and O–H groups in total. The van der Waals surface area contributed by atoms with Crippen molar-refractivity contribution in [3.63, 3.8) is 0 Å². The summed E-state index contributed by atoms with van der Waals surface area (Å²) < 4.78 is 0. The summed E-state index contributed by atoms with van der Waals surface area (Å²) in [6.45, 7) is 2.44. The molecule has 2 atom stereocenters. The van der Waals surface area contributed by atoms with Crippen molar-refractivity contribution in [3.8, 4) is 0 Å². The molecule has 37 heavy (non-hydrogen) atoms. The minimum atomic E-state index is -0.571. The van der Waals surface area contributed by atoms with Crippen LogP contribution in [0.3, 0.4) is 0 Å². The highest BCUT2D eigenvalue weighted by Crippen LogP contribution is 2.28. The fourth-order valence-electron chi connectivity index (χ4n) is 5.79. The van der Waals surface area contributed by atoms with Crippen LogP contribution in [0.4, 0.5) is 0 Å². The highest BCUT2D eigenvalue weighted by atomic mass is 32.2. The molecule has 3 fully saturated rings. The number of nitrogens with zero attached hydrogens (tertiary/aromatic N) is 2. The van der Waals surface area contributed by atoms with E-state index in [9.17, 15) is 14.7 Å². The number of aliphatic hydroxyl groups excluding tert-OH is 1. The van der Waals surface area contributed by atoms with Gasteiger partial charge in [0, 0.05) is 31.4 Å². The Hall–Kier alpha value is -1.68. The van der Waals surface area contributed by atoms with Crippen LogP contribution in [0.1, 0.15) is 63.4 Å². The van der Waals surface area contributed by atoms with Crippen LogP contribution in [-0.2, 0) is 16.1 Å².